The van der Waals surface area contributed by atoms with Crippen LogP contribution in [0, 0.1) is 35.5 Å². The molecular formula is C67H108N12O14. The molecule has 0 saturated carbocycles. The van der Waals surface area contributed by atoms with E-state index in [4.69, 9.17) is 30.4 Å². The number of hydrogen-bond donors (Lipinski definition) is 9. The number of rotatable bonds is 38. The third kappa shape index (κ3) is 24.2. The number of likely N-dealkylation sites (tertiary alicyclic amines) is 1. The molecule has 0 aliphatic carbocycles. The second-order valence-electron chi connectivity index (χ2n) is 26.1. The molecule has 2 fully saturated rings. The number of benzene rings is 2. The van der Waals surface area contributed by atoms with Gasteiger partial charge in [0.15, 0.2) is 0 Å². The molecule has 11 atom stereocenters. The Morgan fingerprint density at radius 3 is 1.88 bits per heavy atom. The predicted octanol–water partition coefficient (Wildman–Crippen LogP) is 3.33. The fourth-order valence-electron chi connectivity index (χ4n) is 12.3. The van der Waals surface area contributed by atoms with E-state index < -0.39 is 102 Å². The number of methoxy groups -OCH3 is 2. The van der Waals surface area contributed by atoms with Gasteiger partial charge in [-0.25, -0.2) is 4.79 Å². The summed E-state index contributed by atoms with van der Waals surface area (Å²) in [4.78, 5) is 140. The molecule has 2 aromatic rings. The Morgan fingerprint density at radius 2 is 1.32 bits per heavy atom. The summed E-state index contributed by atoms with van der Waals surface area (Å²) in [6, 6.07) is 9.77. The number of primary amides is 2. The van der Waals surface area contributed by atoms with Crippen LogP contribution < -0.4 is 48.7 Å². The van der Waals surface area contributed by atoms with Crippen LogP contribution in [0.3, 0.4) is 0 Å². The normalized spacial score (nSPS) is 19.0. The van der Waals surface area contributed by atoms with Gasteiger partial charge in [0.05, 0.1) is 55.9 Å². The van der Waals surface area contributed by atoms with Gasteiger partial charge in [-0.05, 0) is 99.6 Å². The molecule has 2 aliphatic heterocycles. The van der Waals surface area contributed by atoms with Gasteiger partial charge in [0.1, 0.15) is 24.2 Å². The fraction of sp³-hybridized carbons (Fsp3) is 0.672. The highest BCUT2D eigenvalue weighted by atomic mass is 16.7. The maximum absolute atomic E-state index is 14.6. The lowest BCUT2D eigenvalue weighted by atomic mass is 9.89. The summed E-state index contributed by atoms with van der Waals surface area (Å²) in [5.41, 5.74) is 12.3. The quantitative estimate of drug-likeness (QED) is 0.0436. The minimum Gasteiger partial charge on any atom is -0.379 e. The van der Waals surface area contributed by atoms with Gasteiger partial charge >= 0.3 is 6.03 Å². The zero-order valence-electron chi connectivity index (χ0n) is 57.3. The minimum atomic E-state index is -1.09. The second kappa shape index (κ2) is 38.8. The number of nitrogens with one attached hydrogen (secondary N) is 7. The monoisotopic (exact) mass is 1300 g/mol. The highest BCUT2D eigenvalue weighted by Crippen LogP contribution is 2.30. The van der Waals surface area contributed by atoms with Crippen molar-refractivity contribution >= 4 is 64.9 Å². The van der Waals surface area contributed by atoms with Crippen molar-refractivity contribution in [1.29, 1.82) is 0 Å². The first-order chi connectivity index (χ1) is 44.0. The molecule has 2 heterocycles. The average Bonchev–Trinajstić information content (AvgIpc) is 1.82. The maximum atomic E-state index is 14.6. The van der Waals surface area contributed by atoms with E-state index in [9.17, 15) is 47.9 Å². The van der Waals surface area contributed by atoms with Gasteiger partial charge in [-0.1, -0.05) is 111 Å². The topological polar surface area (TPSA) is 354 Å². The molecule has 11 amide bonds. The van der Waals surface area contributed by atoms with Crippen LogP contribution >= 0.6 is 0 Å². The van der Waals surface area contributed by atoms with Crippen molar-refractivity contribution in [3.63, 3.8) is 0 Å². The summed E-state index contributed by atoms with van der Waals surface area (Å²) in [5, 5.41) is 19.9. The van der Waals surface area contributed by atoms with Gasteiger partial charge in [-0.2, -0.15) is 0 Å². The van der Waals surface area contributed by atoms with Crippen molar-refractivity contribution in [2.45, 2.75) is 194 Å². The van der Waals surface area contributed by atoms with E-state index in [1.165, 1.54) is 14.2 Å². The lowest BCUT2D eigenvalue weighted by Crippen LogP contribution is -2.59. The third-order valence-electron chi connectivity index (χ3n) is 17.6. The Balaban J connectivity index is 1.43. The Kier molecular flexibility index (Phi) is 32.6. The average molecular weight is 1310 g/mol. The summed E-state index contributed by atoms with van der Waals surface area (Å²) in [6.07, 6.45) is 0.899. The molecule has 0 bridgehead atoms. The SMILES string of the molecule is CC[C@H](C)[C@@H]([C@@H](CC(=O)N1CCC[C@H]1[C@H](OC)[C@@H](C)C(=O)N[C@@H](Cc1ccccc1)C(=O)NCc1ccc(NC(=O)[C@H](CCCNC(N)=O)NC(=O)[C@@H](NC(=O)CCCC2COC(C(N)=O)OC2)C(C)C)cc1)OC)N(C)C(=O)[C@@H](NC(=O)[C@H](C(C)C)N(C)C)C(C)C. The fourth-order valence-corrected chi connectivity index (χ4v) is 12.3. The summed E-state index contributed by atoms with van der Waals surface area (Å²) in [7, 11) is 8.40. The number of urea groups is 1. The number of likely N-dealkylation sites (N-methyl/N-ethyl adjacent to an activating group) is 2. The van der Waals surface area contributed by atoms with E-state index in [2.05, 4.69) is 37.2 Å². The zero-order valence-corrected chi connectivity index (χ0v) is 57.3. The molecule has 0 unspecified atom stereocenters. The van der Waals surface area contributed by atoms with Crippen molar-refractivity contribution in [2.24, 2.45) is 47.0 Å². The molecule has 2 aliphatic rings. The lowest BCUT2D eigenvalue weighted by molar-refractivity contribution is -0.202. The number of carbonyl (C=O) groups excluding carboxylic acids is 10. The molecule has 0 radical (unpaired) electrons. The van der Waals surface area contributed by atoms with Crippen LogP contribution in [0.4, 0.5) is 10.5 Å². The zero-order chi connectivity index (χ0) is 69.2. The number of amides is 11. The van der Waals surface area contributed by atoms with Crippen LogP contribution in [0.5, 0.6) is 0 Å². The van der Waals surface area contributed by atoms with Gasteiger partial charge in [0.2, 0.25) is 53.5 Å². The first kappa shape index (κ1) is 78.2. The predicted molar refractivity (Wildman–Crippen MR) is 352 cm³/mol. The smallest absolute Gasteiger partial charge is 0.312 e. The lowest BCUT2D eigenvalue weighted by Gasteiger charge is -2.41. The van der Waals surface area contributed by atoms with Gasteiger partial charge < -0.3 is 77.4 Å². The van der Waals surface area contributed by atoms with E-state index in [1.54, 1.807) is 61.9 Å². The first-order valence-corrected chi connectivity index (χ1v) is 32.8. The van der Waals surface area contributed by atoms with Gasteiger partial charge in [0, 0.05) is 65.3 Å². The van der Waals surface area contributed by atoms with Crippen LogP contribution in [-0.4, -0.2) is 196 Å². The number of anilines is 1. The van der Waals surface area contributed by atoms with E-state index in [0.717, 1.165) is 5.56 Å². The molecule has 0 spiro atoms. The molecular weight excluding hydrogens is 1200 g/mol. The molecule has 11 N–H and O–H groups in total. The Labute approximate surface area is 549 Å². The number of hydrogen-bond acceptors (Lipinski definition) is 15. The molecule has 520 valence electrons. The molecule has 26 nitrogen and oxygen atoms in total. The molecule has 4 rings (SSSR count). The van der Waals surface area contributed by atoms with E-state index in [-0.39, 0.29) is 112 Å². The molecule has 0 aromatic heterocycles. The number of ether oxygens (including phenoxy) is 4. The number of nitrogens with zero attached hydrogens (tertiary/aromatic N) is 3. The van der Waals surface area contributed by atoms with E-state index >= 15 is 0 Å². The highest BCUT2D eigenvalue weighted by molar-refractivity contribution is 5.98. The summed E-state index contributed by atoms with van der Waals surface area (Å²) < 4.78 is 22.9. The van der Waals surface area contributed by atoms with Crippen LogP contribution in [0.1, 0.15) is 131 Å². The Morgan fingerprint density at radius 1 is 0.688 bits per heavy atom. The molecule has 2 aromatic carbocycles. The number of carbonyl (C=O) groups is 10. The van der Waals surface area contributed by atoms with Crippen molar-refractivity contribution in [2.75, 3.05) is 67.0 Å². The van der Waals surface area contributed by atoms with Crippen LogP contribution in [-0.2, 0) is 75.1 Å². The largest absolute Gasteiger partial charge is 0.379 e. The van der Waals surface area contributed by atoms with Crippen molar-refractivity contribution < 1.29 is 66.9 Å². The Hall–Kier alpha value is -7.26. The summed E-state index contributed by atoms with van der Waals surface area (Å²) in [6.45, 7) is 18.1. The van der Waals surface area contributed by atoms with Gasteiger partial charge in [-0.15, -0.1) is 0 Å². The van der Waals surface area contributed by atoms with Crippen molar-refractivity contribution in [3.8, 4) is 0 Å². The highest BCUT2D eigenvalue weighted by Gasteiger charge is 2.44. The molecule has 26 heteroatoms. The standard InChI is InChI=1S/C67H108N12O14/c1-15-42(8)57(78(12)65(88)55(40(4)5)76-64(87)56(41(6)7)77(10)11)51(90-13)35-53(81)79-33-21-26-50(79)58(91-14)43(9)60(83)74-49(34-44-22-17-16-18-23-44)61(84)71-36-45-28-30-47(31-29-45)72-62(85)48(25-20-32-70-67(69)89)73-63(86)54(39(2)3)75-52(80)27-19-24-46-37-92-66(59(68)82)93-38-46/h16-18,22-23,28-31,39-43,46,48-51,54-58,66H,15,19-21,24-27,32-38H2,1-14H3,(H2,68,82)(H,71,84)(H,72,85)(H,73,86)(H,74,83)(H,75,80)(H,76,87)(H3,69,70,89)/t42-,43+,46?,48-,49-,50-,51+,54-,55-,56-,57-,58+,66?/m0/s1. The van der Waals surface area contributed by atoms with Crippen LogP contribution in [0.15, 0.2) is 54.6 Å². The maximum Gasteiger partial charge on any atom is 0.312 e. The Bertz CT molecular complexity index is 2740. The van der Waals surface area contributed by atoms with Crippen molar-refractivity contribution in [1.82, 2.24) is 46.6 Å². The summed E-state index contributed by atoms with van der Waals surface area (Å²) in [5.74, 6) is -5.47. The minimum absolute atomic E-state index is 0.00459. The van der Waals surface area contributed by atoms with E-state index in [1.807, 2.05) is 90.9 Å². The van der Waals surface area contributed by atoms with Gasteiger partial charge in [0.25, 0.3) is 5.91 Å². The van der Waals surface area contributed by atoms with Crippen molar-refractivity contribution in [3.05, 3.63) is 65.7 Å². The molecule has 93 heavy (non-hydrogen) atoms. The van der Waals surface area contributed by atoms with E-state index in [0.29, 0.717) is 49.9 Å². The number of nitrogens with two attached hydrogens (primary N) is 2. The van der Waals surface area contributed by atoms with Crippen LogP contribution in [0.25, 0.3) is 0 Å². The second-order valence-corrected chi connectivity index (χ2v) is 26.1. The first-order valence-electron chi connectivity index (χ1n) is 32.8. The molecule has 2 saturated heterocycles. The van der Waals surface area contributed by atoms with Gasteiger partial charge in [-0.3, -0.25) is 48.1 Å². The third-order valence-corrected chi connectivity index (χ3v) is 17.6. The summed E-state index contributed by atoms with van der Waals surface area (Å²) >= 11 is 0. The van der Waals surface area contributed by atoms with Crippen LogP contribution in [0.2, 0.25) is 0 Å².